The lowest BCUT2D eigenvalue weighted by Gasteiger charge is -2.15. The van der Waals surface area contributed by atoms with Gasteiger partial charge in [0.1, 0.15) is 10.4 Å². The highest BCUT2D eigenvalue weighted by molar-refractivity contribution is 9.10. The van der Waals surface area contributed by atoms with Crippen molar-refractivity contribution in [3.63, 3.8) is 0 Å². The molecule has 1 aliphatic rings. The van der Waals surface area contributed by atoms with Crippen molar-refractivity contribution in [2.45, 2.75) is 6.42 Å². The summed E-state index contributed by atoms with van der Waals surface area (Å²) < 4.78 is 22.6. The second-order valence-corrected chi connectivity index (χ2v) is 7.73. The SMILES string of the molecule is O=C1CC(CS(=O)(=O)Cl)CN1c1cccc(Br)n1. The van der Waals surface area contributed by atoms with Crippen LogP contribution < -0.4 is 4.90 Å². The van der Waals surface area contributed by atoms with Gasteiger partial charge in [0, 0.05) is 29.6 Å². The molecular weight excluding hydrogens is 344 g/mol. The zero-order chi connectivity index (χ0) is 13.3. The summed E-state index contributed by atoms with van der Waals surface area (Å²) in [5, 5.41) is 0. The number of hydrogen-bond acceptors (Lipinski definition) is 4. The van der Waals surface area contributed by atoms with E-state index in [1.807, 2.05) is 0 Å². The highest BCUT2D eigenvalue weighted by Gasteiger charge is 2.33. The van der Waals surface area contributed by atoms with Gasteiger partial charge in [0.05, 0.1) is 5.75 Å². The predicted octanol–water partition coefficient (Wildman–Crippen LogP) is 1.77. The fraction of sp³-hybridized carbons (Fsp3) is 0.400. The number of hydrogen-bond donors (Lipinski definition) is 0. The van der Waals surface area contributed by atoms with Gasteiger partial charge in [0.15, 0.2) is 0 Å². The fourth-order valence-corrected chi connectivity index (χ4v) is 3.60. The van der Waals surface area contributed by atoms with Crippen molar-refractivity contribution < 1.29 is 13.2 Å². The maximum Gasteiger partial charge on any atom is 0.232 e. The van der Waals surface area contributed by atoms with Crippen LogP contribution in [-0.4, -0.2) is 31.6 Å². The highest BCUT2D eigenvalue weighted by Crippen LogP contribution is 2.26. The van der Waals surface area contributed by atoms with Gasteiger partial charge in [-0.05, 0) is 28.1 Å². The topological polar surface area (TPSA) is 67.3 Å². The summed E-state index contributed by atoms with van der Waals surface area (Å²) in [5.74, 6) is -0.0827. The first kappa shape index (κ1) is 13.8. The number of aromatic nitrogens is 1. The van der Waals surface area contributed by atoms with Crippen LogP contribution in [0.3, 0.4) is 0 Å². The maximum absolute atomic E-state index is 11.8. The second-order valence-electron chi connectivity index (χ2n) is 4.10. The predicted molar refractivity (Wildman–Crippen MR) is 72.0 cm³/mol. The van der Waals surface area contributed by atoms with Crippen LogP contribution in [0.4, 0.5) is 5.82 Å². The molecule has 1 aromatic rings. The Labute approximate surface area is 118 Å². The van der Waals surface area contributed by atoms with Gasteiger partial charge in [-0.25, -0.2) is 13.4 Å². The van der Waals surface area contributed by atoms with E-state index in [2.05, 4.69) is 20.9 Å². The fourth-order valence-electron chi connectivity index (χ4n) is 1.94. The van der Waals surface area contributed by atoms with Crippen molar-refractivity contribution in [2.75, 3.05) is 17.2 Å². The minimum absolute atomic E-state index is 0.133. The molecule has 1 aromatic heterocycles. The molecule has 1 atom stereocenters. The zero-order valence-electron chi connectivity index (χ0n) is 9.21. The summed E-state index contributed by atoms with van der Waals surface area (Å²) in [6, 6.07) is 5.23. The van der Waals surface area contributed by atoms with Gasteiger partial charge >= 0.3 is 0 Å². The van der Waals surface area contributed by atoms with E-state index in [4.69, 9.17) is 10.7 Å². The van der Waals surface area contributed by atoms with E-state index < -0.39 is 9.05 Å². The van der Waals surface area contributed by atoms with E-state index in [1.54, 1.807) is 18.2 Å². The Bertz CT molecular complexity index is 578. The molecule has 0 aliphatic carbocycles. The lowest BCUT2D eigenvalue weighted by atomic mass is 10.1. The van der Waals surface area contributed by atoms with E-state index in [0.29, 0.717) is 17.0 Å². The number of anilines is 1. The highest BCUT2D eigenvalue weighted by atomic mass is 79.9. The molecule has 0 spiro atoms. The summed E-state index contributed by atoms with van der Waals surface area (Å²) in [6.07, 6.45) is 0.181. The normalized spacial score (nSPS) is 20.4. The van der Waals surface area contributed by atoms with E-state index >= 15 is 0 Å². The molecule has 1 unspecified atom stereocenters. The van der Waals surface area contributed by atoms with Gasteiger partial charge in [-0.2, -0.15) is 0 Å². The Kier molecular flexibility index (Phi) is 3.93. The first-order chi connectivity index (χ1) is 8.35. The number of nitrogens with zero attached hydrogens (tertiary/aromatic N) is 2. The van der Waals surface area contributed by atoms with Crippen molar-refractivity contribution >= 4 is 47.4 Å². The molecule has 1 amide bonds. The smallest absolute Gasteiger partial charge is 0.232 e. The Balaban J connectivity index is 2.15. The molecule has 18 heavy (non-hydrogen) atoms. The lowest BCUT2D eigenvalue weighted by molar-refractivity contribution is -0.117. The first-order valence-electron chi connectivity index (χ1n) is 5.20. The quantitative estimate of drug-likeness (QED) is 0.613. The molecule has 0 saturated carbocycles. The monoisotopic (exact) mass is 352 g/mol. The van der Waals surface area contributed by atoms with E-state index in [-0.39, 0.29) is 24.0 Å². The molecule has 2 heterocycles. The molecule has 0 radical (unpaired) electrons. The minimum Gasteiger partial charge on any atom is -0.296 e. The van der Waals surface area contributed by atoms with E-state index in [1.165, 1.54) is 4.90 Å². The minimum atomic E-state index is -3.58. The van der Waals surface area contributed by atoms with Crippen molar-refractivity contribution in [2.24, 2.45) is 5.92 Å². The van der Waals surface area contributed by atoms with Crippen LogP contribution in [0.15, 0.2) is 22.8 Å². The van der Waals surface area contributed by atoms with E-state index in [9.17, 15) is 13.2 Å². The summed E-state index contributed by atoms with van der Waals surface area (Å²) in [7, 11) is 1.62. The molecule has 8 heteroatoms. The van der Waals surface area contributed by atoms with Crippen LogP contribution >= 0.6 is 26.6 Å². The molecule has 98 valence electrons. The van der Waals surface area contributed by atoms with Crippen LogP contribution in [0.5, 0.6) is 0 Å². The third-order valence-electron chi connectivity index (χ3n) is 2.62. The van der Waals surface area contributed by atoms with Crippen molar-refractivity contribution in [3.05, 3.63) is 22.8 Å². The average molecular weight is 354 g/mol. The average Bonchev–Trinajstić information content (AvgIpc) is 2.56. The van der Waals surface area contributed by atoms with Gasteiger partial charge in [-0.1, -0.05) is 6.07 Å². The number of carbonyl (C=O) groups excluding carboxylic acids is 1. The lowest BCUT2D eigenvalue weighted by Crippen LogP contribution is -2.26. The molecule has 0 N–H and O–H groups in total. The Morgan fingerprint density at radius 1 is 1.50 bits per heavy atom. The molecule has 1 saturated heterocycles. The number of rotatable bonds is 3. The maximum atomic E-state index is 11.8. The molecule has 0 bridgehead atoms. The van der Waals surface area contributed by atoms with Gasteiger partial charge in [-0.3, -0.25) is 9.69 Å². The van der Waals surface area contributed by atoms with Crippen molar-refractivity contribution in [3.8, 4) is 0 Å². The first-order valence-corrected chi connectivity index (χ1v) is 8.47. The van der Waals surface area contributed by atoms with Crippen LogP contribution in [0.1, 0.15) is 6.42 Å². The Hall–Kier alpha value is -0.660. The third kappa shape index (κ3) is 3.43. The zero-order valence-corrected chi connectivity index (χ0v) is 12.4. The van der Waals surface area contributed by atoms with Gasteiger partial charge in [0.2, 0.25) is 15.0 Å². The van der Waals surface area contributed by atoms with Crippen LogP contribution in [0.2, 0.25) is 0 Å². The van der Waals surface area contributed by atoms with Crippen LogP contribution in [0, 0.1) is 5.92 Å². The largest absolute Gasteiger partial charge is 0.296 e. The number of amides is 1. The molecule has 2 rings (SSSR count). The van der Waals surface area contributed by atoms with Crippen molar-refractivity contribution in [1.29, 1.82) is 0 Å². The molecule has 1 aliphatic heterocycles. The molecule has 0 aromatic carbocycles. The standard InChI is InChI=1S/C10H10BrClN2O3S/c11-8-2-1-3-9(13-8)14-5-7(4-10(14)15)6-18(12,16)17/h1-3,7H,4-6H2. The van der Waals surface area contributed by atoms with Crippen molar-refractivity contribution in [1.82, 2.24) is 4.98 Å². The van der Waals surface area contributed by atoms with Gasteiger partial charge in [0.25, 0.3) is 0 Å². The second kappa shape index (κ2) is 5.14. The number of carbonyl (C=O) groups is 1. The van der Waals surface area contributed by atoms with E-state index in [0.717, 1.165) is 0 Å². The van der Waals surface area contributed by atoms with Gasteiger partial charge < -0.3 is 0 Å². The third-order valence-corrected chi connectivity index (χ3v) is 4.31. The Morgan fingerprint density at radius 2 is 2.22 bits per heavy atom. The summed E-state index contributed by atoms with van der Waals surface area (Å²) in [6.45, 7) is 0.328. The number of pyridine rings is 1. The summed E-state index contributed by atoms with van der Waals surface area (Å²) >= 11 is 3.23. The summed E-state index contributed by atoms with van der Waals surface area (Å²) in [4.78, 5) is 17.5. The summed E-state index contributed by atoms with van der Waals surface area (Å²) in [5.41, 5.74) is 0. The number of halogens is 2. The Morgan fingerprint density at radius 3 is 2.83 bits per heavy atom. The van der Waals surface area contributed by atoms with Crippen LogP contribution in [-0.2, 0) is 13.8 Å². The molecule has 5 nitrogen and oxygen atoms in total. The van der Waals surface area contributed by atoms with Gasteiger partial charge in [-0.15, -0.1) is 0 Å². The van der Waals surface area contributed by atoms with Crippen LogP contribution in [0.25, 0.3) is 0 Å². The molecular formula is C10H10BrClN2O3S. The molecule has 1 fully saturated rings.